The monoisotopic (exact) mass is 645 g/mol. The molecule has 1 fully saturated rings. The van der Waals surface area contributed by atoms with Crippen LogP contribution < -0.4 is 10.6 Å². The zero-order valence-electron chi connectivity index (χ0n) is 22.0. The van der Waals surface area contributed by atoms with Gasteiger partial charge in [-0.05, 0) is 42.3 Å². The highest BCUT2D eigenvalue weighted by molar-refractivity contribution is 8.01. The molecule has 17 heteroatoms. The largest absolute Gasteiger partial charge is 0.508 e. The number of hydrogen-bond donors (Lipinski definition) is 7. The lowest BCUT2D eigenvalue weighted by atomic mass is 10.0. The molecule has 1 aromatic heterocycles. The van der Waals surface area contributed by atoms with Crippen LogP contribution in [0.3, 0.4) is 0 Å². The van der Waals surface area contributed by atoms with Gasteiger partial charge < -0.3 is 36.2 Å². The molecule has 2 unspecified atom stereocenters. The van der Waals surface area contributed by atoms with Crippen LogP contribution in [-0.4, -0.2) is 87.2 Å². The molecule has 1 saturated heterocycles. The van der Waals surface area contributed by atoms with Crippen LogP contribution in [0.25, 0.3) is 0 Å². The molecule has 2 aromatic carbocycles. The molecule has 3 heterocycles. The van der Waals surface area contributed by atoms with Gasteiger partial charge in [0.1, 0.15) is 33.9 Å². The van der Waals surface area contributed by atoms with Crippen molar-refractivity contribution in [2.45, 2.75) is 28.7 Å². The molecule has 0 bridgehead atoms. The normalized spacial score (nSPS) is 18.4. The van der Waals surface area contributed by atoms with Crippen molar-refractivity contribution < 1.29 is 44.7 Å². The number of carbonyl (C=O) groups excluding carboxylic acids is 3. The minimum atomic E-state index is -1.43. The summed E-state index contributed by atoms with van der Waals surface area (Å²) in [6.45, 7) is 1.80. The first-order chi connectivity index (χ1) is 20.5. The number of fused-ring (bicyclic) bond motifs is 1. The summed E-state index contributed by atoms with van der Waals surface area (Å²) in [7, 11) is 0. The number of aliphatic carboxylic acids is 1. The third-order valence-electron chi connectivity index (χ3n) is 6.56. The van der Waals surface area contributed by atoms with E-state index in [1.165, 1.54) is 59.1 Å². The maximum absolute atomic E-state index is 13.5. The fourth-order valence-electron chi connectivity index (χ4n) is 4.44. The molecule has 224 valence electrons. The van der Waals surface area contributed by atoms with Gasteiger partial charge in [-0.2, -0.15) is 0 Å². The van der Waals surface area contributed by atoms with E-state index in [4.69, 9.17) is 0 Å². The number of phenols is 4. The molecule has 2 aliphatic heterocycles. The van der Waals surface area contributed by atoms with Gasteiger partial charge in [0.15, 0.2) is 15.8 Å². The number of amides is 3. The van der Waals surface area contributed by atoms with Crippen LogP contribution in [0.15, 0.2) is 52.0 Å². The smallest absolute Gasteiger partial charge is 0.352 e. The van der Waals surface area contributed by atoms with Crippen LogP contribution in [-0.2, 0) is 14.4 Å². The third-order valence-corrected chi connectivity index (χ3v) is 9.96. The Morgan fingerprint density at radius 3 is 2.44 bits per heavy atom. The Hall–Kier alpha value is -4.48. The highest BCUT2D eigenvalue weighted by Crippen LogP contribution is 2.42. The predicted molar refractivity (Wildman–Crippen MR) is 155 cm³/mol. The molecule has 0 spiro atoms. The first-order valence-corrected chi connectivity index (χ1v) is 15.3. The number of rotatable bonds is 9. The van der Waals surface area contributed by atoms with E-state index in [0.29, 0.717) is 9.91 Å². The van der Waals surface area contributed by atoms with Gasteiger partial charge in [0.2, 0.25) is 11.7 Å². The molecule has 7 N–H and O–H groups in total. The molecule has 0 radical (unpaired) electrons. The summed E-state index contributed by atoms with van der Waals surface area (Å²) >= 11 is 3.97. The summed E-state index contributed by atoms with van der Waals surface area (Å²) in [6, 6.07) is 4.79. The fourth-order valence-corrected chi connectivity index (χ4v) is 7.75. The molecule has 14 nitrogen and oxygen atoms in total. The first-order valence-electron chi connectivity index (χ1n) is 12.4. The van der Waals surface area contributed by atoms with Gasteiger partial charge in [0.05, 0.1) is 5.56 Å². The van der Waals surface area contributed by atoms with Crippen LogP contribution in [0.4, 0.5) is 0 Å². The lowest BCUT2D eigenvalue weighted by molar-refractivity contribution is -0.151. The lowest BCUT2D eigenvalue weighted by Gasteiger charge is -2.49. The van der Waals surface area contributed by atoms with E-state index in [9.17, 15) is 44.7 Å². The number of aromatic hydroxyl groups is 4. The number of nitrogens with zero attached hydrogens (tertiary/aromatic N) is 3. The van der Waals surface area contributed by atoms with E-state index in [-0.39, 0.29) is 28.5 Å². The average Bonchev–Trinajstić information content (AvgIpc) is 3.40. The summed E-state index contributed by atoms with van der Waals surface area (Å²) < 4.78 is 0.667. The zero-order chi connectivity index (χ0) is 31.0. The second-order valence-corrected chi connectivity index (χ2v) is 12.9. The SMILES string of the molecule is Cc1nnc(SCC2=C(C(=O)O)N3C(=O)C(NC(=O)C(NC(=O)c4ccc(O)c(O)c4O)c4ccc(O)cc4)[C@@H]3SC2)s1. The maximum atomic E-state index is 13.5. The van der Waals surface area contributed by atoms with Crippen molar-refractivity contribution in [3.63, 3.8) is 0 Å². The van der Waals surface area contributed by atoms with E-state index in [2.05, 4.69) is 20.8 Å². The zero-order valence-corrected chi connectivity index (χ0v) is 24.5. The molecule has 3 atom stereocenters. The van der Waals surface area contributed by atoms with Crippen molar-refractivity contribution in [3.8, 4) is 23.0 Å². The van der Waals surface area contributed by atoms with Crippen molar-refractivity contribution in [2.24, 2.45) is 0 Å². The lowest BCUT2D eigenvalue weighted by Crippen LogP contribution is -2.71. The Bertz CT molecular complexity index is 1660. The topological polar surface area (TPSA) is 223 Å². The Morgan fingerprint density at radius 1 is 1.07 bits per heavy atom. The molecule has 5 rings (SSSR count). The second-order valence-electron chi connectivity index (χ2n) is 9.36. The number of carboxylic acids is 1. The van der Waals surface area contributed by atoms with Crippen LogP contribution >= 0.6 is 34.9 Å². The van der Waals surface area contributed by atoms with Crippen molar-refractivity contribution >= 4 is 58.6 Å². The first kappa shape index (κ1) is 30.0. The van der Waals surface area contributed by atoms with Gasteiger partial charge in [-0.3, -0.25) is 19.3 Å². The molecular weight excluding hydrogens is 623 g/mol. The Labute approximate surface area is 255 Å². The molecule has 0 saturated carbocycles. The van der Waals surface area contributed by atoms with E-state index in [1.54, 1.807) is 6.92 Å². The number of nitrogens with one attached hydrogen (secondary N) is 2. The quantitative estimate of drug-likeness (QED) is 0.100. The van der Waals surface area contributed by atoms with Gasteiger partial charge in [0, 0.05) is 11.5 Å². The van der Waals surface area contributed by atoms with Gasteiger partial charge in [-0.25, -0.2) is 4.79 Å². The third kappa shape index (κ3) is 5.91. The summed E-state index contributed by atoms with van der Waals surface area (Å²) in [5, 5.41) is 62.2. The number of thioether (sulfide) groups is 2. The molecule has 3 aromatic rings. The van der Waals surface area contributed by atoms with Crippen LogP contribution in [0.5, 0.6) is 23.0 Å². The Kier molecular flexibility index (Phi) is 8.38. The predicted octanol–water partition coefficient (Wildman–Crippen LogP) is 1.67. The molecule has 0 aliphatic carbocycles. The highest BCUT2D eigenvalue weighted by Gasteiger charge is 2.54. The van der Waals surface area contributed by atoms with E-state index in [1.807, 2.05) is 0 Å². The number of phenolic OH excluding ortho intramolecular Hbond substituents is 4. The second kappa shape index (κ2) is 12.0. The van der Waals surface area contributed by atoms with Gasteiger partial charge in [0.25, 0.3) is 11.8 Å². The molecule has 2 aliphatic rings. The number of aromatic nitrogens is 2. The fraction of sp³-hybridized carbons (Fsp3) is 0.231. The van der Waals surface area contributed by atoms with E-state index >= 15 is 0 Å². The summed E-state index contributed by atoms with van der Waals surface area (Å²) in [5.74, 6) is -5.77. The van der Waals surface area contributed by atoms with Gasteiger partial charge in [-0.15, -0.1) is 22.0 Å². The maximum Gasteiger partial charge on any atom is 0.352 e. The van der Waals surface area contributed by atoms with Crippen LogP contribution in [0.1, 0.15) is 27.0 Å². The number of β-lactam (4-membered cyclic amide) rings is 1. The van der Waals surface area contributed by atoms with Crippen LogP contribution in [0.2, 0.25) is 0 Å². The highest BCUT2D eigenvalue weighted by atomic mass is 32.2. The number of aryl methyl sites for hydroxylation is 1. The summed E-state index contributed by atoms with van der Waals surface area (Å²) in [6.07, 6.45) is 0. The summed E-state index contributed by atoms with van der Waals surface area (Å²) in [4.78, 5) is 53.0. The van der Waals surface area contributed by atoms with Crippen molar-refractivity contribution in [3.05, 3.63) is 63.8 Å². The number of hydrogen-bond acceptors (Lipinski definition) is 13. The molecule has 43 heavy (non-hydrogen) atoms. The number of benzene rings is 2. The molecular formula is C26H23N5O9S3. The standard InChI is InChI=1S/C26H23N5O9S3/c1-10-29-30-26(43-10)42-9-12-8-41-24-17(23(38)31(24)18(12)25(39)40)28-22(37)16(11-2-4-13(32)5-3-11)27-21(36)14-6-7-15(33)20(35)19(14)34/h2-7,16-17,24,32-35H,8-9H2,1H3,(H,27,36)(H,28,37)(H,39,40)/t16?,17?,24-/m0/s1. The van der Waals surface area contributed by atoms with Gasteiger partial charge >= 0.3 is 5.97 Å². The number of carbonyl (C=O) groups is 4. The van der Waals surface area contributed by atoms with E-state index in [0.717, 1.165) is 22.0 Å². The van der Waals surface area contributed by atoms with Crippen molar-refractivity contribution in [1.29, 1.82) is 0 Å². The Morgan fingerprint density at radius 2 is 1.79 bits per heavy atom. The summed E-state index contributed by atoms with van der Waals surface area (Å²) in [5.41, 5.74) is 0.143. The average molecular weight is 646 g/mol. The van der Waals surface area contributed by atoms with Crippen LogP contribution in [0, 0.1) is 6.92 Å². The van der Waals surface area contributed by atoms with Crippen molar-refractivity contribution in [2.75, 3.05) is 11.5 Å². The van der Waals surface area contributed by atoms with Gasteiger partial charge in [-0.1, -0.05) is 35.2 Å². The minimum absolute atomic E-state index is 0.109. The molecule has 3 amide bonds. The minimum Gasteiger partial charge on any atom is -0.508 e. The Balaban J connectivity index is 1.34. The van der Waals surface area contributed by atoms with E-state index < -0.39 is 64.0 Å². The number of carboxylic acid groups (broad SMARTS) is 1. The van der Waals surface area contributed by atoms with Crippen molar-refractivity contribution in [1.82, 2.24) is 25.7 Å².